The Morgan fingerprint density at radius 3 is 2.67 bits per heavy atom. The van der Waals surface area contributed by atoms with E-state index in [0.717, 1.165) is 18.7 Å². The summed E-state index contributed by atoms with van der Waals surface area (Å²) >= 11 is 0. The number of hydrogen-bond donors (Lipinski definition) is 0. The van der Waals surface area contributed by atoms with Crippen LogP contribution in [0.2, 0.25) is 0 Å². The summed E-state index contributed by atoms with van der Waals surface area (Å²) in [4.78, 5) is 12.2. The number of imidazole rings is 2. The second-order valence-corrected chi connectivity index (χ2v) is 8.58. The van der Waals surface area contributed by atoms with Gasteiger partial charge in [-0.2, -0.15) is 13.2 Å². The first-order valence-corrected chi connectivity index (χ1v) is 10.0. The van der Waals surface area contributed by atoms with Crippen LogP contribution in [-0.4, -0.2) is 38.3 Å². The summed E-state index contributed by atoms with van der Waals surface area (Å²) in [5.41, 5.74) is -0.416. The molecule has 0 radical (unpaired) electrons. The molecule has 1 aliphatic rings. The van der Waals surface area contributed by atoms with Crippen molar-refractivity contribution in [3.8, 4) is 11.5 Å². The monoisotopic (exact) mass is 399 g/mol. The Kier molecular flexibility index (Phi) is 3.85. The van der Waals surface area contributed by atoms with Gasteiger partial charge < -0.3 is 9.13 Å². The average molecular weight is 399 g/mol. The highest BCUT2D eigenvalue weighted by Gasteiger charge is 2.34. The highest BCUT2D eigenvalue weighted by molar-refractivity contribution is 7.91. The minimum atomic E-state index is -4.59. The van der Waals surface area contributed by atoms with E-state index in [4.69, 9.17) is 0 Å². The van der Waals surface area contributed by atoms with Crippen LogP contribution in [0.4, 0.5) is 13.2 Å². The quantitative estimate of drug-likeness (QED) is 0.676. The summed E-state index contributed by atoms with van der Waals surface area (Å²) in [6.07, 6.45) is -2.04. The van der Waals surface area contributed by atoms with Gasteiger partial charge in [-0.15, -0.1) is 0 Å². The molecular formula is C16H16F3N5O2S. The molecule has 0 aromatic carbocycles. The summed E-state index contributed by atoms with van der Waals surface area (Å²) in [6, 6.07) is 0.858. The van der Waals surface area contributed by atoms with Gasteiger partial charge in [-0.05, 0) is 12.5 Å². The van der Waals surface area contributed by atoms with Crippen molar-refractivity contribution in [3.05, 3.63) is 23.8 Å². The first-order chi connectivity index (χ1) is 12.6. The number of sulfone groups is 1. The summed E-state index contributed by atoms with van der Waals surface area (Å²) in [5.74, 6) is 0.757. The van der Waals surface area contributed by atoms with Gasteiger partial charge >= 0.3 is 6.18 Å². The zero-order chi connectivity index (χ0) is 19.6. The molecule has 144 valence electrons. The van der Waals surface area contributed by atoms with Crippen LogP contribution in [0.5, 0.6) is 0 Å². The lowest BCUT2D eigenvalue weighted by atomic mass is 10.3. The highest BCUT2D eigenvalue weighted by atomic mass is 32.2. The Hall–Kier alpha value is -2.43. The zero-order valence-corrected chi connectivity index (χ0v) is 15.4. The van der Waals surface area contributed by atoms with Crippen LogP contribution in [0.1, 0.15) is 24.9 Å². The smallest absolute Gasteiger partial charge is 0.324 e. The molecular weight excluding hydrogens is 383 g/mol. The van der Waals surface area contributed by atoms with E-state index in [1.54, 1.807) is 18.5 Å². The van der Waals surface area contributed by atoms with Gasteiger partial charge in [0.2, 0.25) is 0 Å². The van der Waals surface area contributed by atoms with Crippen LogP contribution in [0.3, 0.4) is 0 Å². The first-order valence-electron chi connectivity index (χ1n) is 8.35. The molecule has 0 spiro atoms. The Balaban J connectivity index is 1.97. The zero-order valence-electron chi connectivity index (χ0n) is 14.6. The van der Waals surface area contributed by atoms with Gasteiger partial charge in [-0.3, -0.25) is 0 Å². The Labute approximate surface area is 152 Å². The average Bonchev–Trinajstić information content (AvgIpc) is 3.26. The third-order valence-corrected chi connectivity index (χ3v) is 6.49. The highest BCUT2D eigenvalue weighted by Crippen LogP contribution is 2.34. The minimum Gasteiger partial charge on any atom is -0.324 e. The lowest BCUT2D eigenvalue weighted by Gasteiger charge is -2.07. The maximum atomic E-state index is 12.9. The molecule has 1 aliphatic heterocycles. The molecule has 0 unspecified atom stereocenters. The molecule has 0 aliphatic carbocycles. The number of hydrogen-bond acceptors (Lipinski definition) is 5. The second-order valence-electron chi connectivity index (χ2n) is 6.39. The molecule has 0 fully saturated rings. The van der Waals surface area contributed by atoms with Gasteiger partial charge in [0, 0.05) is 20.0 Å². The van der Waals surface area contributed by atoms with E-state index in [1.165, 1.54) is 4.57 Å². The van der Waals surface area contributed by atoms with Crippen molar-refractivity contribution in [2.45, 2.75) is 37.5 Å². The standard InChI is InChI=1S/C16H16F3N5O2S/c1-3-27(25,26)15-13(22-12-5-4-6-24(12)15)14-21-9-7-11(16(17,18)19)20-8-10(9)23(14)2/h7-8H,3-6H2,1-2H3. The molecule has 27 heavy (non-hydrogen) atoms. The van der Waals surface area contributed by atoms with E-state index in [-0.39, 0.29) is 27.8 Å². The molecule has 0 bridgehead atoms. The first kappa shape index (κ1) is 18.0. The van der Waals surface area contributed by atoms with E-state index in [9.17, 15) is 21.6 Å². The van der Waals surface area contributed by atoms with Gasteiger partial charge in [-0.25, -0.2) is 23.4 Å². The fraction of sp³-hybridized carbons (Fsp3) is 0.438. The van der Waals surface area contributed by atoms with Crippen molar-refractivity contribution >= 4 is 20.9 Å². The second kappa shape index (κ2) is 5.78. The van der Waals surface area contributed by atoms with Crippen molar-refractivity contribution in [1.29, 1.82) is 0 Å². The Bertz CT molecular complexity index is 1160. The van der Waals surface area contributed by atoms with Crippen molar-refractivity contribution in [2.75, 3.05) is 5.75 Å². The molecule has 0 N–H and O–H groups in total. The summed E-state index contributed by atoms with van der Waals surface area (Å²) in [7, 11) is -1.99. The fourth-order valence-corrected chi connectivity index (χ4v) is 4.59. The van der Waals surface area contributed by atoms with E-state index in [0.29, 0.717) is 24.3 Å². The topological polar surface area (TPSA) is 82.7 Å². The fourth-order valence-electron chi connectivity index (χ4n) is 3.35. The Morgan fingerprint density at radius 1 is 1.26 bits per heavy atom. The number of aromatic nitrogens is 5. The van der Waals surface area contributed by atoms with Gasteiger partial charge in [0.1, 0.15) is 17.2 Å². The lowest BCUT2D eigenvalue weighted by Crippen LogP contribution is -2.12. The molecule has 3 aromatic heterocycles. The van der Waals surface area contributed by atoms with Crippen molar-refractivity contribution in [3.63, 3.8) is 0 Å². The molecule has 0 amide bonds. The number of fused-ring (bicyclic) bond motifs is 2. The third-order valence-electron chi connectivity index (χ3n) is 4.73. The predicted octanol–water partition coefficient (Wildman–Crippen LogP) is 2.59. The van der Waals surface area contributed by atoms with Crippen LogP contribution >= 0.6 is 0 Å². The van der Waals surface area contributed by atoms with E-state index < -0.39 is 21.7 Å². The van der Waals surface area contributed by atoms with Crippen LogP contribution in [0.15, 0.2) is 17.3 Å². The molecule has 4 rings (SSSR count). The van der Waals surface area contributed by atoms with Gasteiger partial charge in [-0.1, -0.05) is 6.92 Å². The molecule has 0 atom stereocenters. The maximum Gasteiger partial charge on any atom is 0.433 e. The molecule has 11 heteroatoms. The largest absolute Gasteiger partial charge is 0.433 e. The molecule has 3 aromatic rings. The van der Waals surface area contributed by atoms with E-state index in [1.807, 2.05) is 0 Å². The lowest BCUT2D eigenvalue weighted by molar-refractivity contribution is -0.141. The van der Waals surface area contributed by atoms with E-state index >= 15 is 0 Å². The van der Waals surface area contributed by atoms with E-state index in [2.05, 4.69) is 15.0 Å². The molecule has 0 saturated heterocycles. The predicted molar refractivity (Wildman–Crippen MR) is 90.8 cm³/mol. The molecule has 4 heterocycles. The SMILES string of the molecule is CCS(=O)(=O)c1c(-c2nc3cc(C(F)(F)F)ncc3n2C)nc2n1CCC2. The van der Waals surface area contributed by atoms with Crippen LogP contribution in [-0.2, 0) is 36.0 Å². The number of alkyl halides is 3. The molecule has 0 saturated carbocycles. The Morgan fingerprint density at radius 2 is 2.00 bits per heavy atom. The summed E-state index contributed by atoms with van der Waals surface area (Å²) in [6.45, 7) is 2.09. The number of rotatable bonds is 3. The van der Waals surface area contributed by atoms with Crippen LogP contribution in [0, 0.1) is 0 Å². The normalized spacial score (nSPS) is 14.9. The van der Waals surface area contributed by atoms with Gasteiger partial charge in [0.25, 0.3) is 0 Å². The number of pyridine rings is 1. The summed E-state index contributed by atoms with van der Waals surface area (Å²) < 4.78 is 67.3. The third kappa shape index (κ3) is 2.71. The maximum absolute atomic E-state index is 12.9. The number of aryl methyl sites for hydroxylation is 2. The van der Waals surface area contributed by atoms with Crippen LogP contribution < -0.4 is 0 Å². The number of halogens is 3. The van der Waals surface area contributed by atoms with Gasteiger partial charge in [0.05, 0.1) is 23.0 Å². The summed E-state index contributed by atoms with van der Waals surface area (Å²) in [5, 5.41) is 0.0833. The van der Waals surface area contributed by atoms with Crippen LogP contribution in [0.25, 0.3) is 22.6 Å². The molecule has 7 nitrogen and oxygen atoms in total. The van der Waals surface area contributed by atoms with Crippen molar-refractivity contribution in [1.82, 2.24) is 24.1 Å². The van der Waals surface area contributed by atoms with Gasteiger partial charge in [0.15, 0.2) is 20.7 Å². The van der Waals surface area contributed by atoms with Crippen molar-refractivity contribution < 1.29 is 21.6 Å². The number of nitrogens with zero attached hydrogens (tertiary/aromatic N) is 5. The minimum absolute atomic E-state index is 0.0833. The van der Waals surface area contributed by atoms with Crippen molar-refractivity contribution in [2.24, 2.45) is 7.05 Å².